The topological polar surface area (TPSA) is 46.3 Å². The maximum absolute atomic E-state index is 12.3. The van der Waals surface area contributed by atoms with E-state index in [1.54, 1.807) is 24.3 Å². The van der Waals surface area contributed by atoms with Gasteiger partial charge >= 0.3 is 0 Å². The second-order valence-electron chi connectivity index (χ2n) is 4.15. The van der Waals surface area contributed by atoms with Gasteiger partial charge in [-0.2, -0.15) is 0 Å². The molecule has 1 amide bonds. The molecule has 18 heavy (non-hydrogen) atoms. The second-order valence-corrected chi connectivity index (χ2v) is 4.15. The van der Waals surface area contributed by atoms with Crippen LogP contribution in [0.5, 0.6) is 0 Å². The summed E-state index contributed by atoms with van der Waals surface area (Å²) in [5, 5.41) is 0. The Morgan fingerprint density at radius 2 is 1.94 bits per heavy atom. The summed E-state index contributed by atoms with van der Waals surface area (Å²) in [4.78, 5) is 13.1. The molecule has 0 saturated carbocycles. The van der Waals surface area contributed by atoms with E-state index in [1.165, 1.54) is 4.90 Å². The third kappa shape index (κ3) is 4.69. The molecule has 0 aliphatic rings. The van der Waals surface area contributed by atoms with Crippen molar-refractivity contribution < 1.29 is 13.6 Å². The van der Waals surface area contributed by atoms with Crippen LogP contribution in [0.15, 0.2) is 24.3 Å². The van der Waals surface area contributed by atoms with Crippen molar-refractivity contribution >= 4 is 11.6 Å². The zero-order valence-electron chi connectivity index (χ0n) is 10.4. The predicted octanol–water partition coefficient (Wildman–Crippen LogP) is 2.32. The van der Waals surface area contributed by atoms with Crippen molar-refractivity contribution in [3.63, 3.8) is 0 Å². The van der Waals surface area contributed by atoms with Gasteiger partial charge < -0.3 is 10.6 Å². The number of nitrogens with zero attached hydrogens (tertiary/aromatic N) is 1. The fraction of sp³-hybridized carbons (Fsp3) is 0.462. The van der Waals surface area contributed by atoms with Gasteiger partial charge in [-0.05, 0) is 24.1 Å². The third-order valence-electron chi connectivity index (χ3n) is 2.54. The second kappa shape index (κ2) is 6.93. The third-order valence-corrected chi connectivity index (χ3v) is 2.54. The van der Waals surface area contributed by atoms with Gasteiger partial charge in [-0.25, -0.2) is 8.78 Å². The van der Waals surface area contributed by atoms with Gasteiger partial charge in [0.15, 0.2) is 0 Å². The van der Waals surface area contributed by atoms with E-state index < -0.39 is 13.0 Å². The molecule has 0 bridgehead atoms. The van der Waals surface area contributed by atoms with Gasteiger partial charge in [-0.15, -0.1) is 0 Å². The van der Waals surface area contributed by atoms with Crippen molar-refractivity contribution in [1.82, 2.24) is 4.90 Å². The first-order valence-electron chi connectivity index (χ1n) is 5.93. The van der Waals surface area contributed by atoms with Gasteiger partial charge in [0.25, 0.3) is 6.43 Å². The van der Waals surface area contributed by atoms with Crippen LogP contribution in [0.2, 0.25) is 0 Å². The van der Waals surface area contributed by atoms with E-state index in [0.717, 1.165) is 5.56 Å². The molecule has 3 nitrogen and oxygen atoms in total. The maximum atomic E-state index is 12.3. The van der Waals surface area contributed by atoms with Crippen LogP contribution in [0.3, 0.4) is 0 Å². The van der Waals surface area contributed by atoms with Gasteiger partial charge in [0.2, 0.25) is 5.91 Å². The van der Waals surface area contributed by atoms with E-state index in [0.29, 0.717) is 18.7 Å². The molecular formula is C13H18F2N2O. The SMILES string of the molecule is CCCN(CC(F)F)C(=O)Cc1ccc(N)cc1. The number of hydrogen-bond acceptors (Lipinski definition) is 2. The molecule has 1 aromatic carbocycles. The monoisotopic (exact) mass is 256 g/mol. The normalized spacial score (nSPS) is 10.7. The van der Waals surface area contributed by atoms with Crippen LogP contribution in [0.4, 0.5) is 14.5 Å². The Balaban J connectivity index is 2.63. The lowest BCUT2D eigenvalue weighted by molar-refractivity contribution is -0.132. The minimum atomic E-state index is -2.49. The number of benzene rings is 1. The fourth-order valence-electron chi connectivity index (χ4n) is 1.68. The lowest BCUT2D eigenvalue weighted by atomic mass is 10.1. The number of hydrogen-bond donors (Lipinski definition) is 1. The molecule has 1 rings (SSSR count). The molecule has 0 radical (unpaired) electrons. The molecule has 5 heteroatoms. The Morgan fingerprint density at radius 3 is 2.44 bits per heavy atom. The Hall–Kier alpha value is -1.65. The van der Waals surface area contributed by atoms with E-state index in [2.05, 4.69) is 0 Å². The van der Waals surface area contributed by atoms with Gasteiger partial charge in [0, 0.05) is 12.2 Å². The van der Waals surface area contributed by atoms with Crippen molar-refractivity contribution in [2.75, 3.05) is 18.8 Å². The zero-order valence-corrected chi connectivity index (χ0v) is 10.4. The van der Waals surface area contributed by atoms with E-state index in [-0.39, 0.29) is 12.3 Å². The number of nitrogens with two attached hydrogens (primary N) is 1. The summed E-state index contributed by atoms with van der Waals surface area (Å²) >= 11 is 0. The highest BCUT2D eigenvalue weighted by atomic mass is 19.3. The summed E-state index contributed by atoms with van der Waals surface area (Å²) in [6.07, 6.45) is -1.69. The molecule has 0 atom stereocenters. The summed E-state index contributed by atoms with van der Waals surface area (Å²) in [7, 11) is 0. The Kier molecular flexibility index (Phi) is 5.55. The summed E-state index contributed by atoms with van der Waals surface area (Å²) in [6, 6.07) is 6.86. The maximum Gasteiger partial charge on any atom is 0.255 e. The van der Waals surface area contributed by atoms with E-state index in [9.17, 15) is 13.6 Å². The number of carbonyl (C=O) groups excluding carboxylic acids is 1. The number of nitrogen functional groups attached to an aromatic ring is 1. The van der Waals surface area contributed by atoms with Crippen LogP contribution in [0.25, 0.3) is 0 Å². The van der Waals surface area contributed by atoms with E-state index >= 15 is 0 Å². The van der Waals surface area contributed by atoms with Crippen molar-refractivity contribution in [1.29, 1.82) is 0 Å². The van der Waals surface area contributed by atoms with Crippen LogP contribution in [0, 0.1) is 0 Å². The highest BCUT2D eigenvalue weighted by Crippen LogP contribution is 2.09. The van der Waals surface area contributed by atoms with Crippen LogP contribution < -0.4 is 5.73 Å². The average Bonchev–Trinajstić information content (AvgIpc) is 2.31. The molecule has 0 aliphatic carbocycles. The lowest BCUT2D eigenvalue weighted by Gasteiger charge is -2.21. The standard InChI is InChI=1S/C13H18F2N2O/c1-2-7-17(9-12(14)15)13(18)8-10-3-5-11(16)6-4-10/h3-6,12H,2,7-9,16H2,1H3. The fourth-order valence-corrected chi connectivity index (χ4v) is 1.68. The largest absolute Gasteiger partial charge is 0.399 e. The van der Waals surface area contributed by atoms with Crippen LogP contribution in [0.1, 0.15) is 18.9 Å². The van der Waals surface area contributed by atoms with Gasteiger partial charge in [0.1, 0.15) is 0 Å². The summed E-state index contributed by atoms with van der Waals surface area (Å²) < 4.78 is 24.7. The molecule has 0 aliphatic heterocycles. The molecule has 1 aromatic rings. The zero-order chi connectivity index (χ0) is 13.5. The quantitative estimate of drug-likeness (QED) is 0.794. The minimum Gasteiger partial charge on any atom is -0.399 e. The highest BCUT2D eigenvalue weighted by molar-refractivity contribution is 5.78. The first kappa shape index (κ1) is 14.4. The molecule has 2 N–H and O–H groups in total. The first-order chi connectivity index (χ1) is 8.52. The molecule has 0 aromatic heterocycles. The first-order valence-corrected chi connectivity index (χ1v) is 5.93. The van der Waals surface area contributed by atoms with E-state index in [4.69, 9.17) is 5.73 Å². The van der Waals surface area contributed by atoms with Crippen LogP contribution in [-0.2, 0) is 11.2 Å². The number of anilines is 1. The molecule has 0 spiro atoms. The van der Waals surface area contributed by atoms with E-state index in [1.807, 2.05) is 6.92 Å². The van der Waals surface area contributed by atoms with Crippen molar-refractivity contribution in [3.05, 3.63) is 29.8 Å². The molecule has 0 heterocycles. The Morgan fingerprint density at radius 1 is 1.33 bits per heavy atom. The lowest BCUT2D eigenvalue weighted by Crippen LogP contribution is -2.36. The van der Waals surface area contributed by atoms with Gasteiger partial charge in [0.05, 0.1) is 13.0 Å². The molecule has 0 saturated heterocycles. The number of carbonyl (C=O) groups is 1. The number of alkyl halides is 2. The number of halogens is 2. The van der Waals surface area contributed by atoms with Gasteiger partial charge in [-0.3, -0.25) is 4.79 Å². The van der Waals surface area contributed by atoms with Crippen LogP contribution >= 0.6 is 0 Å². The summed E-state index contributed by atoms with van der Waals surface area (Å²) in [5.41, 5.74) is 6.93. The summed E-state index contributed by atoms with van der Waals surface area (Å²) in [5.74, 6) is -0.276. The smallest absolute Gasteiger partial charge is 0.255 e. The summed E-state index contributed by atoms with van der Waals surface area (Å²) in [6.45, 7) is 1.72. The predicted molar refractivity (Wildman–Crippen MR) is 67.4 cm³/mol. The number of amides is 1. The molecule has 100 valence electrons. The van der Waals surface area contributed by atoms with Crippen LogP contribution in [-0.4, -0.2) is 30.3 Å². The minimum absolute atomic E-state index is 0.132. The highest BCUT2D eigenvalue weighted by Gasteiger charge is 2.17. The molecule has 0 unspecified atom stereocenters. The molecule has 0 fully saturated rings. The average molecular weight is 256 g/mol. The van der Waals surface area contributed by atoms with Crippen molar-refractivity contribution in [2.45, 2.75) is 26.2 Å². The Bertz CT molecular complexity index is 379. The molecular weight excluding hydrogens is 238 g/mol. The number of rotatable bonds is 6. The Labute approximate surface area is 106 Å². The van der Waals surface area contributed by atoms with Gasteiger partial charge in [-0.1, -0.05) is 19.1 Å². The van der Waals surface area contributed by atoms with Crippen molar-refractivity contribution in [2.24, 2.45) is 0 Å². The van der Waals surface area contributed by atoms with Crippen molar-refractivity contribution in [3.8, 4) is 0 Å².